The predicted octanol–water partition coefficient (Wildman–Crippen LogP) is 3.30. The minimum absolute atomic E-state index is 0.209. The third kappa shape index (κ3) is 2.38. The van der Waals surface area contributed by atoms with Crippen LogP contribution in [0, 0.1) is 6.92 Å². The fourth-order valence-electron chi connectivity index (χ4n) is 3.12. The van der Waals surface area contributed by atoms with Crippen LogP contribution >= 0.6 is 0 Å². The summed E-state index contributed by atoms with van der Waals surface area (Å²) in [6.07, 6.45) is 4.07. The molecule has 1 saturated carbocycles. The average molecular weight is 269 g/mol. The van der Waals surface area contributed by atoms with Crippen molar-refractivity contribution in [1.82, 2.24) is 15.1 Å². The monoisotopic (exact) mass is 269 g/mol. The van der Waals surface area contributed by atoms with E-state index in [9.17, 15) is 0 Å². The maximum atomic E-state index is 4.47. The summed E-state index contributed by atoms with van der Waals surface area (Å²) in [5.74, 6) is 0.778. The molecule has 1 atom stereocenters. The van der Waals surface area contributed by atoms with Crippen LogP contribution in [-0.2, 0) is 7.05 Å². The zero-order chi connectivity index (χ0) is 14.1. The number of hydrogen-bond acceptors (Lipinski definition) is 2. The second-order valence-corrected chi connectivity index (χ2v) is 5.85. The van der Waals surface area contributed by atoms with Crippen LogP contribution in [0.25, 0.3) is 0 Å². The van der Waals surface area contributed by atoms with E-state index >= 15 is 0 Å². The van der Waals surface area contributed by atoms with Gasteiger partial charge in [-0.3, -0.25) is 4.68 Å². The fourth-order valence-corrected chi connectivity index (χ4v) is 3.12. The largest absolute Gasteiger partial charge is 0.308 e. The molecule has 0 bridgehead atoms. The van der Waals surface area contributed by atoms with Crippen LogP contribution in [0.4, 0.5) is 0 Å². The van der Waals surface area contributed by atoms with Gasteiger partial charge in [-0.05, 0) is 49.9 Å². The fraction of sp³-hybridized carbons (Fsp3) is 0.471. The van der Waals surface area contributed by atoms with Crippen molar-refractivity contribution in [2.45, 2.75) is 38.1 Å². The van der Waals surface area contributed by atoms with E-state index in [1.54, 1.807) is 0 Å². The van der Waals surface area contributed by atoms with E-state index in [4.69, 9.17) is 0 Å². The number of hydrogen-bond donors (Lipinski definition) is 1. The first-order valence-corrected chi connectivity index (χ1v) is 7.46. The van der Waals surface area contributed by atoms with Crippen molar-refractivity contribution in [3.8, 4) is 0 Å². The van der Waals surface area contributed by atoms with E-state index < -0.39 is 0 Å². The van der Waals surface area contributed by atoms with Gasteiger partial charge in [-0.15, -0.1) is 0 Å². The zero-order valence-corrected chi connectivity index (χ0v) is 12.6. The third-order valence-corrected chi connectivity index (χ3v) is 4.44. The molecule has 0 amide bonds. The molecule has 0 aliphatic heterocycles. The minimum Gasteiger partial charge on any atom is -0.308 e. The molecular weight excluding hydrogens is 246 g/mol. The molecule has 0 spiro atoms. The molecule has 106 valence electrons. The van der Waals surface area contributed by atoms with Crippen LogP contribution in [0.2, 0.25) is 0 Å². The Kier molecular flexibility index (Phi) is 3.62. The Hall–Kier alpha value is -1.61. The van der Waals surface area contributed by atoms with E-state index in [1.165, 1.54) is 36.1 Å². The van der Waals surface area contributed by atoms with Crippen molar-refractivity contribution in [2.75, 3.05) is 7.05 Å². The molecule has 1 N–H and O–H groups in total. The van der Waals surface area contributed by atoms with Crippen molar-refractivity contribution in [1.29, 1.82) is 0 Å². The summed E-state index contributed by atoms with van der Waals surface area (Å²) in [6.45, 7) is 2.04. The molecular formula is C17H23N3. The lowest BCUT2D eigenvalue weighted by Crippen LogP contribution is -2.21. The van der Waals surface area contributed by atoms with E-state index in [1.807, 2.05) is 25.7 Å². The summed E-state index contributed by atoms with van der Waals surface area (Å²) in [5, 5.41) is 7.90. The number of nitrogens with one attached hydrogen (secondary N) is 1. The normalized spacial score (nSPS) is 16.9. The van der Waals surface area contributed by atoms with Crippen molar-refractivity contribution in [2.24, 2.45) is 7.05 Å². The van der Waals surface area contributed by atoms with E-state index in [0.29, 0.717) is 0 Å². The lowest BCUT2D eigenvalue weighted by atomic mass is 9.79. The first kappa shape index (κ1) is 13.4. The van der Waals surface area contributed by atoms with Gasteiger partial charge in [-0.2, -0.15) is 5.10 Å². The van der Waals surface area contributed by atoms with Crippen molar-refractivity contribution >= 4 is 0 Å². The summed E-state index contributed by atoms with van der Waals surface area (Å²) >= 11 is 0. The van der Waals surface area contributed by atoms with Crippen LogP contribution in [0.1, 0.15) is 53.7 Å². The summed E-state index contributed by atoms with van der Waals surface area (Å²) in [5.41, 5.74) is 5.11. The standard InChI is InChI=1S/C17H23N3/c1-12-10-16(20(3)19-12)17(18-2)15-9-5-8-14(11-15)13-6-4-7-13/h5,8-11,13,17-18H,4,6-7H2,1-3H3. The number of nitrogens with zero attached hydrogens (tertiary/aromatic N) is 2. The summed E-state index contributed by atoms with van der Waals surface area (Å²) in [4.78, 5) is 0. The molecule has 1 aromatic carbocycles. The molecule has 1 aliphatic rings. The SMILES string of the molecule is CNC(c1cccc(C2CCC2)c1)c1cc(C)nn1C. The maximum Gasteiger partial charge on any atom is 0.0745 e. The van der Waals surface area contributed by atoms with Gasteiger partial charge in [0.15, 0.2) is 0 Å². The molecule has 3 heteroatoms. The Bertz CT molecular complexity index is 596. The van der Waals surface area contributed by atoms with Gasteiger partial charge < -0.3 is 5.32 Å². The number of rotatable bonds is 4. The first-order valence-electron chi connectivity index (χ1n) is 7.46. The summed E-state index contributed by atoms with van der Waals surface area (Å²) < 4.78 is 1.98. The molecule has 20 heavy (non-hydrogen) atoms. The van der Waals surface area contributed by atoms with Gasteiger partial charge in [-0.25, -0.2) is 0 Å². The quantitative estimate of drug-likeness (QED) is 0.923. The second kappa shape index (κ2) is 5.41. The molecule has 0 saturated heterocycles. The third-order valence-electron chi connectivity index (χ3n) is 4.44. The van der Waals surface area contributed by atoms with Crippen molar-refractivity contribution in [3.63, 3.8) is 0 Å². The van der Waals surface area contributed by atoms with Gasteiger partial charge in [0, 0.05) is 7.05 Å². The van der Waals surface area contributed by atoms with Gasteiger partial charge >= 0.3 is 0 Å². The first-order chi connectivity index (χ1) is 9.69. The molecule has 1 unspecified atom stereocenters. The Morgan fingerprint density at radius 3 is 2.65 bits per heavy atom. The van der Waals surface area contributed by atoms with Gasteiger partial charge in [0.2, 0.25) is 0 Å². The lowest BCUT2D eigenvalue weighted by molar-refractivity contribution is 0.419. The second-order valence-electron chi connectivity index (χ2n) is 5.85. The van der Waals surface area contributed by atoms with Crippen molar-refractivity contribution in [3.05, 3.63) is 52.8 Å². The number of aromatic nitrogens is 2. The van der Waals surface area contributed by atoms with Gasteiger partial charge in [0.25, 0.3) is 0 Å². The molecule has 3 nitrogen and oxygen atoms in total. The Morgan fingerprint density at radius 2 is 2.10 bits per heavy atom. The van der Waals surface area contributed by atoms with Crippen LogP contribution in [0.5, 0.6) is 0 Å². The molecule has 1 aromatic heterocycles. The Morgan fingerprint density at radius 1 is 1.30 bits per heavy atom. The molecule has 1 fully saturated rings. The van der Waals surface area contributed by atoms with Crippen LogP contribution in [-0.4, -0.2) is 16.8 Å². The highest BCUT2D eigenvalue weighted by atomic mass is 15.3. The van der Waals surface area contributed by atoms with Gasteiger partial charge in [-0.1, -0.05) is 30.7 Å². The highest BCUT2D eigenvalue weighted by Crippen LogP contribution is 2.37. The molecule has 2 aromatic rings. The smallest absolute Gasteiger partial charge is 0.0745 e. The van der Waals surface area contributed by atoms with Gasteiger partial charge in [0.05, 0.1) is 17.4 Å². The predicted molar refractivity (Wildman–Crippen MR) is 81.9 cm³/mol. The van der Waals surface area contributed by atoms with E-state index in [0.717, 1.165) is 11.6 Å². The minimum atomic E-state index is 0.209. The highest BCUT2D eigenvalue weighted by Gasteiger charge is 2.22. The molecule has 3 rings (SSSR count). The van der Waals surface area contributed by atoms with E-state index in [2.05, 4.69) is 40.7 Å². The highest BCUT2D eigenvalue weighted by molar-refractivity contribution is 5.34. The van der Waals surface area contributed by atoms with Crippen LogP contribution < -0.4 is 5.32 Å². The number of aryl methyl sites for hydroxylation is 2. The van der Waals surface area contributed by atoms with Crippen LogP contribution in [0.3, 0.4) is 0 Å². The topological polar surface area (TPSA) is 29.9 Å². The van der Waals surface area contributed by atoms with Crippen molar-refractivity contribution < 1.29 is 0 Å². The average Bonchev–Trinajstić information content (AvgIpc) is 2.68. The number of benzene rings is 1. The summed E-state index contributed by atoms with van der Waals surface area (Å²) in [7, 11) is 4.03. The zero-order valence-electron chi connectivity index (χ0n) is 12.6. The van der Waals surface area contributed by atoms with E-state index in [-0.39, 0.29) is 6.04 Å². The Labute approximate surface area is 121 Å². The molecule has 1 heterocycles. The summed E-state index contributed by atoms with van der Waals surface area (Å²) in [6, 6.07) is 11.4. The Balaban J connectivity index is 1.94. The van der Waals surface area contributed by atoms with Crippen LogP contribution in [0.15, 0.2) is 30.3 Å². The lowest BCUT2D eigenvalue weighted by Gasteiger charge is -2.27. The molecule has 1 aliphatic carbocycles. The molecule has 0 radical (unpaired) electrons. The maximum absolute atomic E-state index is 4.47. The van der Waals surface area contributed by atoms with Gasteiger partial charge in [0.1, 0.15) is 0 Å².